The van der Waals surface area contributed by atoms with Gasteiger partial charge in [-0.3, -0.25) is 14.3 Å². The smallest absolute Gasteiger partial charge is 0.242 e. The van der Waals surface area contributed by atoms with Gasteiger partial charge in [0.25, 0.3) is 0 Å². The number of rotatable bonds is 6. The fourth-order valence-corrected chi connectivity index (χ4v) is 3.58. The molecule has 1 atom stereocenters. The van der Waals surface area contributed by atoms with Crippen LogP contribution in [-0.2, 0) is 24.3 Å². The Balaban J connectivity index is 1.50. The van der Waals surface area contributed by atoms with E-state index in [-0.39, 0.29) is 24.0 Å². The molecule has 7 heteroatoms. The molecular formula is C22H23N3O4. The lowest BCUT2D eigenvalue weighted by molar-refractivity contribution is -0.121. The van der Waals surface area contributed by atoms with Crippen LogP contribution >= 0.6 is 0 Å². The van der Waals surface area contributed by atoms with Crippen molar-refractivity contribution in [1.82, 2.24) is 15.1 Å². The average molecular weight is 393 g/mol. The summed E-state index contributed by atoms with van der Waals surface area (Å²) in [5.74, 6) is 1.40. The molecule has 3 aromatic rings. The number of para-hydroxylation sites is 1. The van der Waals surface area contributed by atoms with Crippen LogP contribution in [-0.4, -0.2) is 28.4 Å². The normalized spacial score (nSPS) is 15.0. The van der Waals surface area contributed by atoms with Crippen molar-refractivity contribution in [2.45, 2.75) is 39.5 Å². The van der Waals surface area contributed by atoms with Gasteiger partial charge in [0.2, 0.25) is 11.3 Å². The first kappa shape index (κ1) is 19.0. The van der Waals surface area contributed by atoms with Crippen molar-refractivity contribution in [3.8, 4) is 11.5 Å². The van der Waals surface area contributed by atoms with E-state index in [2.05, 4.69) is 10.4 Å². The van der Waals surface area contributed by atoms with E-state index in [1.165, 1.54) is 10.9 Å². The standard InChI is InChI=1S/C22H23N3O4/c1-3-28-20-9-15-8-14(2)29-21(15)10-16(20)11-23-22(27)13-25-18-7-5-4-6-17(18)19(26)12-24-25/h4-7,9-10,12,14H,3,8,11,13H2,1-2H3,(H,23,27)/t14-/m1/s1. The third kappa shape index (κ3) is 3.94. The third-order valence-corrected chi connectivity index (χ3v) is 4.91. The molecule has 0 unspecified atom stereocenters. The molecule has 2 heterocycles. The highest BCUT2D eigenvalue weighted by Crippen LogP contribution is 2.35. The number of carbonyl (C=O) groups excluding carboxylic acids is 1. The summed E-state index contributed by atoms with van der Waals surface area (Å²) in [5, 5.41) is 7.56. The molecule has 0 saturated heterocycles. The highest BCUT2D eigenvalue weighted by Gasteiger charge is 2.22. The molecule has 2 aromatic carbocycles. The van der Waals surface area contributed by atoms with E-state index >= 15 is 0 Å². The van der Waals surface area contributed by atoms with E-state index in [9.17, 15) is 9.59 Å². The first-order valence-corrected chi connectivity index (χ1v) is 9.72. The van der Waals surface area contributed by atoms with Crippen LogP contribution in [0, 0.1) is 0 Å². The summed E-state index contributed by atoms with van der Waals surface area (Å²) in [7, 11) is 0. The highest BCUT2D eigenvalue weighted by atomic mass is 16.5. The summed E-state index contributed by atoms with van der Waals surface area (Å²) >= 11 is 0. The lowest BCUT2D eigenvalue weighted by atomic mass is 10.1. The summed E-state index contributed by atoms with van der Waals surface area (Å²) in [5.41, 5.74) is 2.46. The van der Waals surface area contributed by atoms with Crippen LogP contribution < -0.4 is 20.2 Å². The third-order valence-electron chi connectivity index (χ3n) is 4.91. The van der Waals surface area contributed by atoms with Crippen LogP contribution in [0.15, 0.2) is 47.4 Å². The molecule has 1 N–H and O–H groups in total. The van der Waals surface area contributed by atoms with Crippen LogP contribution in [0.25, 0.3) is 10.9 Å². The van der Waals surface area contributed by atoms with Crippen molar-refractivity contribution in [2.24, 2.45) is 0 Å². The Kier molecular flexibility index (Phi) is 5.20. The zero-order valence-corrected chi connectivity index (χ0v) is 16.5. The lowest BCUT2D eigenvalue weighted by Gasteiger charge is -2.14. The molecule has 0 saturated carbocycles. The van der Waals surface area contributed by atoms with E-state index in [1.54, 1.807) is 18.2 Å². The average Bonchev–Trinajstić information content (AvgIpc) is 3.07. The van der Waals surface area contributed by atoms with Crippen LogP contribution in [0.5, 0.6) is 11.5 Å². The van der Waals surface area contributed by atoms with Crippen molar-refractivity contribution >= 4 is 16.8 Å². The predicted molar refractivity (Wildman–Crippen MR) is 109 cm³/mol. The molecular weight excluding hydrogens is 370 g/mol. The van der Waals surface area contributed by atoms with Gasteiger partial charge in [-0.2, -0.15) is 5.10 Å². The first-order valence-electron chi connectivity index (χ1n) is 9.72. The summed E-state index contributed by atoms with van der Waals surface area (Å²) in [6.45, 7) is 4.84. The van der Waals surface area contributed by atoms with Gasteiger partial charge in [-0.1, -0.05) is 12.1 Å². The van der Waals surface area contributed by atoms with Gasteiger partial charge in [0, 0.05) is 29.5 Å². The van der Waals surface area contributed by atoms with Gasteiger partial charge in [0.05, 0.1) is 18.3 Å². The zero-order chi connectivity index (χ0) is 20.4. The van der Waals surface area contributed by atoms with E-state index in [0.29, 0.717) is 24.1 Å². The SMILES string of the molecule is CCOc1cc2c(cc1CNC(=O)Cn1ncc(=O)c3ccccc31)O[C@H](C)C2. The first-order chi connectivity index (χ1) is 14.0. The molecule has 0 spiro atoms. The Morgan fingerprint density at radius 2 is 2.17 bits per heavy atom. The van der Waals surface area contributed by atoms with Crippen LogP contribution in [0.1, 0.15) is 25.0 Å². The molecule has 0 bridgehead atoms. The van der Waals surface area contributed by atoms with Crippen LogP contribution in [0.2, 0.25) is 0 Å². The maximum Gasteiger partial charge on any atom is 0.242 e. The maximum absolute atomic E-state index is 12.5. The number of hydrogen-bond acceptors (Lipinski definition) is 5. The fraction of sp³-hybridized carbons (Fsp3) is 0.318. The quantitative estimate of drug-likeness (QED) is 0.696. The van der Waals surface area contributed by atoms with Crippen molar-refractivity contribution < 1.29 is 14.3 Å². The van der Waals surface area contributed by atoms with Crippen molar-refractivity contribution in [2.75, 3.05) is 6.61 Å². The topological polar surface area (TPSA) is 82.5 Å². The van der Waals surface area contributed by atoms with Gasteiger partial charge in [-0.05, 0) is 38.1 Å². The summed E-state index contributed by atoms with van der Waals surface area (Å²) in [4.78, 5) is 24.5. The second-order valence-corrected chi connectivity index (χ2v) is 7.09. The van der Waals surface area contributed by atoms with E-state index in [4.69, 9.17) is 9.47 Å². The largest absolute Gasteiger partial charge is 0.494 e. The molecule has 1 aliphatic rings. The summed E-state index contributed by atoms with van der Waals surface area (Å²) in [6, 6.07) is 11.1. The van der Waals surface area contributed by atoms with Gasteiger partial charge in [0.15, 0.2) is 0 Å². The number of benzene rings is 2. The molecule has 1 aliphatic heterocycles. The minimum atomic E-state index is -0.205. The Morgan fingerprint density at radius 3 is 3.00 bits per heavy atom. The monoisotopic (exact) mass is 393 g/mol. The molecule has 4 rings (SSSR count). The number of amides is 1. The molecule has 0 radical (unpaired) electrons. The van der Waals surface area contributed by atoms with Crippen LogP contribution in [0.4, 0.5) is 0 Å². The van der Waals surface area contributed by atoms with Crippen LogP contribution in [0.3, 0.4) is 0 Å². The van der Waals surface area contributed by atoms with Crippen molar-refractivity contribution in [1.29, 1.82) is 0 Å². The highest BCUT2D eigenvalue weighted by molar-refractivity contribution is 5.81. The Morgan fingerprint density at radius 1 is 1.34 bits per heavy atom. The van der Waals surface area contributed by atoms with E-state index in [0.717, 1.165) is 29.0 Å². The van der Waals surface area contributed by atoms with Gasteiger partial charge < -0.3 is 14.8 Å². The maximum atomic E-state index is 12.5. The number of nitrogens with zero attached hydrogens (tertiary/aromatic N) is 2. The molecule has 150 valence electrons. The van der Waals surface area contributed by atoms with Gasteiger partial charge in [0.1, 0.15) is 24.1 Å². The minimum absolute atomic E-state index is 0.0171. The molecule has 0 fully saturated rings. The minimum Gasteiger partial charge on any atom is -0.494 e. The number of fused-ring (bicyclic) bond motifs is 2. The van der Waals surface area contributed by atoms with Gasteiger partial charge in [-0.25, -0.2) is 0 Å². The molecule has 1 amide bonds. The van der Waals surface area contributed by atoms with Crippen molar-refractivity contribution in [3.05, 3.63) is 63.9 Å². The Bertz CT molecular complexity index is 1120. The number of carbonyl (C=O) groups is 1. The van der Waals surface area contributed by atoms with Gasteiger partial charge >= 0.3 is 0 Å². The number of nitrogens with one attached hydrogen (secondary N) is 1. The van der Waals surface area contributed by atoms with Crippen molar-refractivity contribution in [3.63, 3.8) is 0 Å². The zero-order valence-electron chi connectivity index (χ0n) is 16.5. The van der Waals surface area contributed by atoms with E-state index in [1.807, 2.05) is 32.0 Å². The molecule has 0 aliphatic carbocycles. The van der Waals surface area contributed by atoms with Gasteiger partial charge in [-0.15, -0.1) is 0 Å². The fourth-order valence-electron chi connectivity index (χ4n) is 3.58. The molecule has 29 heavy (non-hydrogen) atoms. The second kappa shape index (κ2) is 7.95. The number of aromatic nitrogens is 2. The summed E-state index contributed by atoms with van der Waals surface area (Å²) in [6.07, 6.45) is 2.23. The lowest BCUT2D eigenvalue weighted by Crippen LogP contribution is -2.29. The van der Waals surface area contributed by atoms with E-state index < -0.39 is 0 Å². The Hall–Kier alpha value is -3.35. The Labute approximate surface area is 168 Å². The molecule has 7 nitrogen and oxygen atoms in total. The number of ether oxygens (including phenoxy) is 2. The number of hydrogen-bond donors (Lipinski definition) is 1. The predicted octanol–water partition coefficient (Wildman–Crippen LogP) is 2.44. The molecule has 1 aromatic heterocycles. The summed E-state index contributed by atoms with van der Waals surface area (Å²) < 4.78 is 13.1. The second-order valence-electron chi connectivity index (χ2n) is 7.09.